The summed E-state index contributed by atoms with van der Waals surface area (Å²) >= 11 is 1.61. The lowest BCUT2D eigenvalue weighted by Gasteiger charge is -2.06. The van der Waals surface area contributed by atoms with Gasteiger partial charge in [0.15, 0.2) is 5.65 Å². The molecule has 7 heteroatoms. The lowest BCUT2D eigenvalue weighted by atomic mass is 10.2. The normalized spacial score (nSPS) is 10.8. The van der Waals surface area contributed by atoms with Gasteiger partial charge in [0.05, 0.1) is 23.9 Å². The van der Waals surface area contributed by atoms with E-state index in [-0.39, 0.29) is 5.91 Å². The van der Waals surface area contributed by atoms with Gasteiger partial charge >= 0.3 is 0 Å². The molecule has 4 rings (SSSR count). The van der Waals surface area contributed by atoms with Crippen molar-refractivity contribution in [3.8, 4) is 16.3 Å². The van der Waals surface area contributed by atoms with Crippen LogP contribution in [0.5, 0.6) is 5.75 Å². The summed E-state index contributed by atoms with van der Waals surface area (Å²) in [6.07, 6.45) is 3.23. The smallest absolute Gasteiger partial charge is 0.261 e. The maximum absolute atomic E-state index is 12.6. The van der Waals surface area contributed by atoms with Gasteiger partial charge in [0, 0.05) is 18.0 Å². The summed E-state index contributed by atoms with van der Waals surface area (Å²) in [5, 5.41) is 9.20. The minimum atomic E-state index is -0.265. The topological polar surface area (TPSA) is 68.5 Å². The maximum Gasteiger partial charge on any atom is 0.261 e. The Morgan fingerprint density at radius 1 is 1.24 bits per heavy atom. The number of aromatic nitrogens is 3. The van der Waals surface area contributed by atoms with Gasteiger partial charge in [-0.25, -0.2) is 9.50 Å². The van der Waals surface area contributed by atoms with Crippen LogP contribution in [-0.4, -0.2) is 27.6 Å². The molecule has 0 fully saturated rings. The van der Waals surface area contributed by atoms with Crippen molar-refractivity contribution in [2.45, 2.75) is 0 Å². The van der Waals surface area contributed by atoms with Crippen LogP contribution in [0, 0.1) is 0 Å². The van der Waals surface area contributed by atoms with Gasteiger partial charge in [-0.1, -0.05) is 12.1 Å². The van der Waals surface area contributed by atoms with Crippen LogP contribution >= 0.6 is 11.3 Å². The fourth-order valence-corrected chi connectivity index (χ4v) is 3.30. The van der Waals surface area contributed by atoms with Gasteiger partial charge in [0.25, 0.3) is 5.91 Å². The highest BCUT2D eigenvalue weighted by Crippen LogP contribution is 2.25. The average Bonchev–Trinajstić information content (AvgIpc) is 3.31. The highest BCUT2D eigenvalue weighted by molar-refractivity contribution is 7.13. The van der Waals surface area contributed by atoms with E-state index >= 15 is 0 Å². The summed E-state index contributed by atoms with van der Waals surface area (Å²) in [6.45, 7) is 0. The minimum absolute atomic E-state index is 0.265. The molecule has 0 radical (unpaired) electrons. The molecule has 0 bridgehead atoms. The van der Waals surface area contributed by atoms with Crippen LogP contribution in [-0.2, 0) is 0 Å². The van der Waals surface area contributed by atoms with Crippen molar-refractivity contribution in [3.63, 3.8) is 0 Å². The van der Waals surface area contributed by atoms with Gasteiger partial charge in [-0.05, 0) is 29.6 Å². The Morgan fingerprint density at radius 3 is 2.96 bits per heavy atom. The second-order valence-electron chi connectivity index (χ2n) is 5.29. The lowest BCUT2D eigenvalue weighted by molar-refractivity contribution is 0.102. The summed E-state index contributed by atoms with van der Waals surface area (Å²) in [5.41, 5.74) is 2.49. The minimum Gasteiger partial charge on any atom is -0.497 e. The quantitative estimate of drug-likeness (QED) is 0.609. The number of anilines is 1. The molecular weight excluding hydrogens is 336 g/mol. The fraction of sp³-hybridized carbons (Fsp3) is 0.0556. The lowest BCUT2D eigenvalue weighted by Crippen LogP contribution is -2.12. The molecule has 0 unspecified atom stereocenters. The molecular formula is C18H14N4O2S. The van der Waals surface area contributed by atoms with Gasteiger partial charge in [0.2, 0.25) is 0 Å². The van der Waals surface area contributed by atoms with E-state index in [1.165, 1.54) is 6.20 Å². The van der Waals surface area contributed by atoms with Crippen molar-refractivity contribution >= 4 is 28.6 Å². The summed E-state index contributed by atoms with van der Waals surface area (Å²) in [7, 11) is 1.59. The first kappa shape index (κ1) is 15.3. The van der Waals surface area contributed by atoms with Crippen molar-refractivity contribution in [1.82, 2.24) is 14.6 Å². The second-order valence-corrected chi connectivity index (χ2v) is 6.23. The third kappa shape index (κ3) is 2.85. The van der Waals surface area contributed by atoms with E-state index in [9.17, 15) is 4.79 Å². The second kappa shape index (κ2) is 6.37. The van der Waals surface area contributed by atoms with Gasteiger partial charge in [0.1, 0.15) is 11.3 Å². The molecule has 0 saturated heterocycles. The van der Waals surface area contributed by atoms with Crippen LogP contribution in [0.3, 0.4) is 0 Å². The summed E-state index contributed by atoms with van der Waals surface area (Å²) in [5.74, 6) is 0.412. The molecule has 1 aromatic carbocycles. The molecule has 1 amide bonds. The van der Waals surface area contributed by atoms with Crippen LogP contribution in [0.25, 0.3) is 16.2 Å². The SMILES string of the molecule is COc1cccc(NC(=O)c2cnn3c(-c4cccs4)ccnc23)c1. The van der Waals surface area contributed by atoms with Crippen LogP contribution in [0.15, 0.2) is 60.2 Å². The Morgan fingerprint density at radius 2 is 2.16 bits per heavy atom. The number of carbonyl (C=O) groups excluding carboxylic acids is 1. The number of benzene rings is 1. The van der Waals surface area contributed by atoms with Crippen molar-refractivity contribution in [2.24, 2.45) is 0 Å². The number of carbonyl (C=O) groups is 1. The first-order valence-corrected chi connectivity index (χ1v) is 8.46. The number of methoxy groups -OCH3 is 1. The number of ether oxygens (including phenoxy) is 1. The molecule has 0 aliphatic rings. The van der Waals surface area contributed by atoms with Gasteiger partial charge in [-0.2, -0.15) is 5.10 Å². The van der Waals surface area contributed by atoms with Crippen molar-refractivity contribution < 1.29 is 9.53 Å². The standard InChI is InChI=1S/C18H14N4O2S/c1-24-13-5-2-4-12(10-13)21-18(23)14-11-20-22-15(7-8-19-17(14)22)16-6-3-9-25-16/h2-11H,1H3,(H,21,23). The Labute approximate surface area is 147 Å². The van der Waals surface area contributed by atoms with Crippen molar-refractivity contribution in [3.05, 3.63) is 65.8 Å². The van der Waals surface area contributed by atoms with E-state index in [0.29, 0.717) is 22.6 Å². The number of nitrogens with one attached hydrogen (secondary N) is 1. The highest BCUT2D eigenvalue weighted by Gasteiger charge is 2.16. The third-order valence-corrected chi connectivity index (χ3v) is 4.64. The highest BCUT2D eigenvalue weighted by atomic mass is 32.1. The van der Waals surface area contributed by atoms with E-state index in [1.54, 1.807) is 41.3 Å². The summed E-state index contributed by atoms with van der Waals surface area (Å²) < 4.78 is 6.86. The van der Waals surface area contributed by atoms with Crippen molar-refractivity contribution in [2.75, 3.05) is 12.4 Å². The Balaban J connectivity index is 1.70. The van der Waals surface area contributed by atoms with E-state index < -0.39 is 0 Å². The summed E-state index contributed by atoms with van der Waals surface area (Å²) in [6, 6.07) is 13.1. The third-order valence-electron chi connectivity index (χ3n) is 3.75. The molecule has 25 heavy (non-hydrogen) atoms. The van der Waals surface area contributed by atoms with Crippen LogP contribution < -0.4 is 10.1 Å². The fourth-order valence-electron chi connectivity index (χ4n) is 2.56. The number of hydrogen-bond donors (Lipinski definition) is 1. The largest absolute Gasteiger partial charge is 0.497 e. The zero-order chi connectivity index (χ0) is 17.2. The van der Waals surface area contributed by atoms with Gasteiger partial charge in [-0.3, -0.25) is 4.79 Å². The van der Waals surface area contributed by atoms with Gasteiger partial charge in [-0.15, -0.1) is 11.3 Å². The molecule has 6 nitrogen and oxygen atoms in total. The van der Waals surface area contributed by atoms with Crippen LogP contribution in [0.1, 0.15) is 10.4 Å². The molecule has 3 aromatic heterocycles. The number of amides is 1. The van der Waals surface area contributed by atoms with E-state index in [1.807, 2.05) is 35.7 Å². The molecule has 0 aliphatic carbocycles. The molecule has 0 aliphatic heterocycles. The number of thiophene rings is 1. The Hall–Kier alpha value is -3.19. The monoisotopic (exact) mass is 350 g/mol. The van der Waals surface area contributed by atoms with Gasteiger partial charge < -0.3 is 10.1 Å². The van der Waals surface area contributed by atoms with E-state index in [4.69, 9.17) is 4.74 Å². The molecule has 3 heterocycles. The zero-order valence-electron chi connectivity index (χ0n) is 13.3. The first-order valence-electron chi connectivity index (χ1n) is 7.58. The molecule has 0 saturated carbocycles. The number of fused-ring (bicyclic) bond motifs is 1. The van der Waals surface area contributed by atoms with E-state index in [0.717, 1.165) is 10.6 Å². The van der Waals surface area contributed by atoms with Crippen molar-refractivity contribution in [1.29, 1.82) is 0 Å². The molecule has 0 spiro atoms. The number of hydrogen-bond acceptors (Lipinski definition) is 5. The first-order chi connectivity index (χ1) is 12.3. The average molecular weight is 350 g/mol. The number of nitrogens with zero attached hydrogens (tertiary/aromatic N) is 3. The number of rotatable bonds is 4. The summed E-state index contributed by atoms with van der Waals surface area (Å²) in [4.78, 5) is 18.0. The Bertz CT molecular complexity index is 1040. The van der Waals surface area contributed by atoms with E-state index in [2.05, 4.69) is 15.4 Å². The Kier molecular flexibility index (Phi) is 3.91. The molecule has 1 N–H and O–H groups in total. The van der Waals surface area contributed by atoms with Crippen LogP contribution in [0.2, 0.25) is 0 Å². The predicted molar refractivity (Wildman–Crippen MR) is 97.2 cm³/mol. The van der Waals surface area contributed by atoms with Crippen LogP contribution in [0.4, 0.5) is 5.69 Å². The maximum atomic E-state index is 12.6. The zero-order valence-corrected chi connectivity index (χ0v) is 14.2. The molecule has 0 atom stereocenters. The predicted octanol–water partition coefficient (Wildman–Crippen LogP) is 3.72. The molecule has 124 valence electrons. The molecule has 4 aromatic rings.